The number of rotatable bonds is 5. The third-order valence-electron chi connectivity index (χ3n) is 4.43. The van der Waals surface area contributed by atoms with Crippen LogP contribution in [-0.2, 0) is 13.0 Å². The molecular formula is C19H24N2. The van der Waals surface area contributed by atoms with Crippen molar-refractivity contribution in [2.45, 2.75) is 45.6 Å². The van der Waals surface area contributed by atoms with Gasteiger partial charge in [0.1, 0.15) is 0 Å². The Kier molecular flexibility index (Phi) is 4.35. The maximum absolute atomic E-state index is 4.65. The predicted octanol–water partition coefficient (Wildman–Crippen LogP) is 3.97. The number of nitrogens with one attached hydrogen (secondary N) is 1. The van der Waals surface area contributed by atoms with E-state index in [1.165, 1.54) is 40.8 Å². The Balaban J connectivity index is 1.87. The molecule has 1 aliphatic carbocycles. The van der Waals surface area contributed by atoms with Crippen molar-refractivity contribution in [1.29, 1.82) is 0 Å². The molecular weight excluding hydrogens is 256 g/mol. The van der Waals surface area contributed by atoms with Gasteiger partial charge >= 0.3 is 0 Å². The molecule has 1 atom stereocenters. The van der Waals surface area contributed by atoms with E-state index in [4.69, 9.17) is 0 Å². The highest BCUT2D eigenvalue weighted by atomic mass is 14.8. The molecule has 110 valence electrons. The Morgan fingerprint density at radius 2 is 2.19 bits per heavy atom. The van der Waals surface area contributed by atoms with E-state index >= 15 is 0 Å². The molecule has 0 saturated heterocycles. The molecule has 3 rings (SSSR count). The molecule has 0 spiro atoms. The van der Waals surface area contributed by atoms with Gasteiger partial charge in [0.25, 0.3) is 0 Å². The van der Waals surface area contributed by atoms with Gasteiger partial charge in [0.05, 0.1) is 5.69 Å². The molecule has 0 bridgehead atoms. The second-order valence-electron chi connectivity index (χ2n) is 6.01. The van der Waals surface area contributed by atoms with Crippen LogP contribution in [0.3, 0.4) is 0 Å². The number of pyridine rings is 1. The van der Waals surface area contributed by atoms with Crippen LogP contribution in [0.25, 0.3) is 0 Å². The van der Waals surface area contributed by atoms with E-state index in [1.54, 1.807) is 0 Å². The highest BCUT2D eigenvalue weighted by Gasteiger charge is 2.26. The molecule has 21 heavy (non-hydrogen) atoms. The van der Waals surface area contributed by atoms with Crippen LogP contribution in [0.1, 0.15) is 53.6 Å². The summed E-state index contributed by atoms with van der Waals surface area (Å²) in [5, 5.41) is 3.49. The molecule has 0 radical (unpaired) electrons. The maximum Gasteiger partial charge on any atom is 0.0510 e. The van der Waals surface area contributed by atoms with E-state index < -0.39 is 0 Å². The minimum absolute atomic E-state index is 0.479. The number of hydrogen-bond donors (Lipinski definition) is 1. The number of aryl methyl sites for hydroxylation is 2. The Morgan fingerprint density at radius 1 is 1.29 bits per heavy atom. The van der Waals surface area contributed by atoms with Crippen molar-refractivity contribution in [1.82, 2.24) is 10.3 Å². The lowest BCUT2D eigenvalue weighted by Crippen LogP contribution is -2.14. The van der Waals surface area contributed by atoms with Crippen molar-refractivity contribution in [3.05, 3.63) is 64.5 Å². The van der Waals surface area contributed by atoms with Crippen LogP contribution in [0.2, 0.25) is 0 Å². The SMILES string of the molecule is CCCNCc1ccc(C)c(C2CCc3cccnc32)c1. The van der Waals surface area contributed by atoms with Crippen LogP contribution in [0, 0.1) is 6.92 Å². The molecule has 2 nitrogen and oxygen atoms in total. The van der Waals surface area contributed by atoms with Crippen LogP contribution in [0.5, 0.6) is 0 Å². The van der Waals surface area contributed by atoms with Gasteiger partial charge in [0.2, 0.25) is 0 Å². The Labute approximate surface area is 127 Å². The Bertz CT molecular complexity index is 619. The summed E-state index contributed by atoms with van der Waals surface area (Å²) in [5.74, 6) is 0.479. The van der Waals surface area contributed by atoms with Gasteiger partial charge in [0, 0.05) is 18.7 Å². The zero-order chi connectivity index (χ0) is 14.7. The fraction of sp³-hybridized carbons (Fsp3) is 0.421. The van der Waals surface area contributed by atoms with Gasteiger partial charge in [-0.1, -0.05) is 31.2 Å². The van der Waals surface area contributed by atoms with Crippen LogP contribution < -0.4 is 5.32 Å². The second-order valence-corrected chi connectivity index (χ2v) is 6.01. The molecule has 1 aliphatic rings. The highest BCUT2D eigenvalue weighted by Crippen LogP contribution is 2.38. The van der Waals surface area contributed by atoms with Gasteiger partial charge in [-0.2, -0.15) is 0 Å². The maximum atomic E-state index is 4.65. The van der Waals surface area contributed by atoms with E-state index in [2.05, 4.69) is 54.5 Å². The standard InChI is InChI=1S/C19H24N2/c1-3-10-20-13-15-7-6-14(2)18(12-15)17-9-8-16-5-4-11-21-19(16)17/h4-7,11-12,17,20H,3,8-10,13H2,1-2H3. The van der Waals surface area contributed by atoms with Crippen LogP contribution in [-0.4, -0.2) is 11.5 Å². The summed E-state index contributed by atoms with van der Waals surface area (Å²) in [7, 11) is 0. The summed E-state index contributed by atoms with van der Waals surface area (Å²) in [5.41, 5.74) is 6.95. The Morgan fingerprint density at radius 3 is 3.05 bits per heavy atom. The van der Waals surface area contributed by atoms with Crippen LogP contribution in [0.4, 0.5) is 0 Å². The van der Waals surface area contributed by atoms with E-state index in [0.717, 1.165) is 19.5 Å². The minimum Gasteiger partial charge on any atom is -0.313 e. The lowest BCUT2D eigenvalue weighted by atomic mass is 9.91. The smallest absolute Gasteiger partial charge is 0.0510 e. The summed E-state index contributed by atoms with van der Waals surface area (Å²) in [6.07, 6.45) is 5.46. The van der Waals surface area contributed by atoms with Gasteiger partial charge in [-0.25, -0.2) is 0 Å². The highest BCUT2D eigenvalue weighted by molar-refractivity contribution is 5.43. The van der Waals surface area contributed by atoms with Crippen molar-refractivity contribution in [3.63, 3.8) is 0 Å². The quantitative estimate of drug-likeness (QED) is 0.838. The normalized spacial score (nSPS) is 17.0. The summed E-state index contributed by atoms with van der Waals surface area (Å²) in [4.78, 5) is 4.65. The number of fused-ring (bicyclic) bond motifs is 1. The van der Waals surface area contributed by atoms with Crippen molar-refractivity contribution < 1.29 is 0 Å². The van der Waals surface area contributed by atoms with E-state index in [9.17, 15) is 0 Å². The molecule has 1 aromatic carbocycles. The third kappa shape index (κ3) is 3.01. The Hall–Kier alpha value is -1.67. The molecule has 0 amide bonds. The zero-order valence-electron chi connectivity index (χ0n) is 13.0. The lowest BCUT2D eigenvalue weighted by molar-refractivity contribution is 0.673. The van der Waals surface area contributed by atoms with E-state index in [1.807, 2.05) is 6.20 Å². The monoisotopic (exact) mass is 280 g/mol. The molecule has 1 unspecified atom stereocenters. The topological polar surface area (TPSA) is 24.9 Å². The first kappa shape index (κ1) is 14.3. The number of nitrogens with zero attached hydrogens (tertiary/aromatic N) is 1. The van der Waals surface area contributed by atoms with Crippen molar-refractivity contribution in [3.8, 4) is 0 Å². The van der Waals surface area contributed by atoms with Crippen LogP contribution >= 0.6 is 0 Å². The molecule has 2 aromatic rings. The second kappa shape index (κ2) is 6.40. The molecule has 0 saturated carbocycles. The fourth-order valence-corrected chi connectivity index (χ4v) is 3.30. The van der Waals surface area contributed by atoms with Gasteiger partial charge in [-0.15, -0.1) is 0 Å². The summed E-state index contributed by atoms with van der Waals surface area (Å²) < 4.78 is 0. The summed E-state index contributed by atoms with van der Waals surface area (Å²) >= 11 is 0. The van der Waals surface area contributed by atoms with Crippen molar-refractivity contribution in [2.24, 2.45) is 0 Å². The lowest BCUT2D eigenvalue weighted by Gasteiger charge is -2.16. The zero-order valence-corrected chi connectivity index (χ0v) is 13.0. The van der Waals surface area contributed by atoms with Crippen molar-refractivity contribution in [2.75, 3.05) is 6.54 Å². The molecule has 1 aromatic heterocycles. The van der Waals surface area contributed by atoms with Crippen molar-refractivity contribution >= 4 is 0 Å². The first-order valence-electron chi connectivity index (χ1n) is 8.03. The molecule has 0 aliphatic heterocycles. The van der Waals surface area contributed by atoms with Gasteiger partial charge in [-0.05, 0) is 61.1 Å². The van der Waals surface area contributed by atoms with Gasteiger partial charge in [0.15, 0.2) is 0 Å². The average molecular weight is 280 g/mol. The molecule has 0 fully saturated rings. The summed E-state index contributed by atoms with van der Waals surface area (Å²) in [6.45, 7) is 6.47. The van der Waals surface area contributed by atoms with E-state index in [-0.39, 0.29) is 0 Å². The van der Waals surface area contributed by atoms with Gasteiger partial charge < -0.3 is 5.32 Å². The van der Waals surface area contributed by atoms with Gasteiger partial charge in [-0.3, -0.25) is 4.98 Å². The number of hydrogen-bond acceptors (Lipinski definition) is 2. The predicted molar refractivity (Wildman–Crippen MR) is 87.6 cm³/mol. The first-order chi connectivity index (χ1) is 10.3. The largest absolute Gasteiger partial charge is 0.313 e. The number of aromatic nitrogens is 1. The van der Waals surface area contributed by atoms with Crippen LogP contribution in [0.15, 0.2) is 36.5 Å². The first-order valence-corrected chi connectivity index (χ1v) is 8.03. The summed E-state index contributed by atoms with van der Waals surface area (Å²) in [6, 6.07) is 11.2. The average Bonchev–Trinajstić information content (AvgIpc) is 2.93. The minimum atomic E-state index is 0.479. The number of benzene rings is 1. The fourth-order valence-electron chi connectivity index (χ4n) is 3.30. The molecule has 2 heteroatoms. The molecule has 1 heterocycles. The molecule has 1 N–H and O–H groups in total. The van der Waals surface area contributed by atoms with E-state index in [0.29, 0.717) is 5.92 Å². The third-order valence-corrected chi connectivity index (χ3v) is 4.43.